The van der Waals surface area contributed by atoms with Crippen LogP contribution in [0.2, 0.25) is 0 Å². The highest BCUT2D eigenvalue weighted by Gasteiger charge is 2.30. The molecular formula is C13H19FN2O. The normalized spacial score (nSPS) is 25.4. The minimum atomic E-state index is -0.298. The van der Waals surface area contributed by atoms with Crippen LogP contribution in [0.15, 0.2) is 18.2 Å². The van der Waals surface area contributed by atoms with Gasteiger partial charge in [-0.3, -0.25) is 4.90 Å². The zero-order valence-electron chi connectivity index (χ0n) is 10.1. The number of aliphatic hydroxyl groups excluding tert-OH is 1. The highest BCUT2D eigenvalue weighted by molar-refractivity contribution is 5.41. The minimum Gasteiger partial charge on any atom is -0.399 e. The lowest BCUT2D eigenvalue weighted by Gasteiger charge is -2.25. The first-order valence-electron chi connectivity index (χ1n) is 6.00. The molecule has 0 spiro atoms. The third kappa shape index (κ3) is 2.76. The van der Waals surface area contributed by atoms with Gasteiger partial charge in [0.05, 0.1) is 6.61 Å². The van der Waals surface area contributed by atoms with Crippen molar-refractivity contribution in [2.45, 2.75) is 25.9 Å². The van der Waals surface area contributed by atoms with E-state index in [1.54, 1.807) is 6.07 Å². The maximum absolute atomic E-state index is 13.2. The Balaban J connectivity index is 2.10. The summed E-state index contributed by atoms with van der Waals surface area (Å²) in [5.74, 6) is 0.193. The maximum Gasteiger partial charge on any atom is 0.125 e. The fraction of sp³-hybridized carbons (Fsp3) is 0.538. The highest BCUT2D eigenvalue weighted by Crippen LogP contribution is 2.25. The molecule has 2 atom stereocenters. The van der Waals surface area contributed by atoms with Crippen molar-refractivity contribution in [1.29, 1.82) is 0 Å². The Kier molecular flexibility index (Phi) is 3.64. The van der Waals surface area contributed by atoms with Crippen LogP contribution < -0.4 is 5.73 Å². The van der Waals surface area contributed by atoms with E-state index in [0.717, 1.165) is 18.5 Å². The summed E-state index contributed by atoms with van der Waals surface area (Å²) in [5.41, 5.74) is 6.94. The fourth-order valence-electron chi connectivity index (χ4n) is 2.58. The quantitative estimate of drug-likeness (QED) is 0.787. The number of nitrogen functional groups attached to an aromatic ring is 1. The van der Waals surface area contributed by atoms with Crippen molar-refractivity contribution < 1.29 is 9.50 Å². The van der Waals surface area contributed by atoms with Crippen molar-refractivity contribution in [1.82, 2.24) is 4.90 Å². The van der Waals surface area contributed by atoms with Crippen LogP contribution in [0.3, 0.4) is 0 Å². The summed E-state index contributed by atoms with van der Waals surface area (Å²) in [6.07, 6.45) is 1.08. The highest BCUT2D eigenvalue weighted by atomic mass is 19.1. The zero-order chi connectivity index (χ0) is 12.4. The van der Waals surface area contributed by atoms with E-state index in [2.05, 4.69) is 11.8 Å². The molecule has 0 aromatic heterocycles. The van der Waals surface area contributed by atoms with E-state index in [1.165, 1.54) is 12.1 Å². The van der Waals surface area contributed by atoms with Crippen molar-refractivity contribution in [2.75, 3.05) is 18.9 Å². The fourth-order valence-corrected chi connectivity index (χ4v) is 2.58. The second-order valence-corrected chi connectivity index (χ2v) is 4.88. The van der Waals surface area contributed by atoms with Gasteiger partial charge >= 0.3 is 0 Å². The molecular weight excluding hydrogens is 219 g/mol. The van der Waals surface area contributed by atoms with Crippen molar-refractivity contribution >= 4 is 5.69 Å². The Morgan fingerprint density at radius 2 is 2.24 bits per heavy atom. The average Bonchev–Trinajstić information content (AvgIpc) is 2.57. The zero-order valence-corrected chi connectivity index (χ0v) is 10.1. The largest absolute Gasteiger partial charge is 0.399 e. The summed E-state index contributed by atoms with van der Waals surface area (Å²) in [6, 6.07) is 4.80. The summed E-state index contributed by atoms with van der Waals surface area (Å²) in [5, 5.41) is 9.35. The number of benzene rings is 1. The maximum atomic E-state index is 13.2. The van der Waals surface area contributed by atoms with Crippen molar-refractivity contribution in [2.24, 2.45) is 5.92 Å². The molecule has 2 unspecified atom stereocenters. The van der Waals surface area contributed by atoms with Crippen molar-refractivity contribution in [3.8, 4) is 0 Å². The first-order chi connectivity index (χ1) is 8.10. The van der Waals surface area contributed by atoms with Crippen LogP contribution in [0.25, 0.3) is 0 Å². The first-order valence-corrected chi connectivity index (χ1v) is 6.00. The molecule has 0 bridgehead atoms. The first kappa shape index (κ1) is 12.3. The van der Waals surface area contributed by atoms with Gasteiger partial charge < -0.3 is 10.8 Å². The van der Waals surface area contributed by atoms with Gasteiger partial charge in [-0.05, 0) is 42.6 Å². The summed E-state index contributed by atoms with van der Waals surface area (Å²) in [6.45, 7) is 3.90. The van der Waals surface area contributed by atoms with Gasteiger partial charge in [0.2, 0.25) is 0 Å². The summed E-state index contributed by atoms with van der Waals surface area (Å²) >= 11 is 0. The summed E-state index contributed by atoms with van der Waals surface area (Å²) < 4.78 is 13.2. The Morgan fingerprint density at radius 3 is 2.88 bits per heavy atom. The number of rotatable bonds is 3. The molecule has 4 heteroatoms. The molecule has 3 nitrogen and oxygen atoms in total. The minimum absolute atomic E-state index is 0.159. The molecule has 94 valence electrons. The van der Waals surface area contributed by atoms with Gasteiger partial charge in [-0.2, -0.15) is 0 Å². The van der Waals surface area contributed by atoms with Gasteiger partial charge in [0, 0.05) is 18.3 Å². The van der Waals surface area contributed by atoms with Crippen LogP contribution in [-0.4, -0.2) is 29.2 Å². The number of aliphatic hydroxyl groups is 1. The van der Waals surface area contributed by atoms with Crippen LogP contribution >= 0.6 is 0 Å². The van der Waals surface area contributed by atoms with Crippen molar-refractivity contribution in [3.63, 3.8) is 0 Å². The van der Waals surface area contributed by atoms with Crippen LogP contribution in [-0.2, 0) is 6.54 Å². The van der Waals surface area contributed by atoms with Gasteiger partial charge in [-0.15, -0.1) is 0 Å². The van der Waals surface area contributed by atoms with E-state index in [0.29, 0.717) is 18.2 Å². The van der Waals surface area contributed by atoms with Gasteiger partial charge in [-0.1, -0.05) is 6.92 Å². The molecule has 17 heavy (non-hydrogen) atoms. The number of halogens is 1. The third-order valence-electron chi connectivity index (χ3n) is 3.55. The molecule has 1 aliphatic rings. The predicted molar refractivity (Wildman–Crippen MR) is 65.9 cm³/mol. The molecule has 0 amide bonds. The molecule has 1 aliphatic heterocycles. The van der Waals surface area contributed by atoms with E-state index in [4.69, 9.17) is 5.73 Å². The van der Waals surface area contributed by atoms with Gasteiger partial charge in [0.1, 0.15) is 5.82 Å². The van der Waals surface area contributed by atoms with E-state index in [-0.39, 0.29) is 18.5 Å². The lowest BCUT2D eigenvalue weighted by Crippen LogP contribution is -2.34. The van der Waals surface area contributed by atoms with Gasteiger partial charge in [-0.25, -0.2) is 4.39 Å². The lowest BCUT2D eigenvalue weighted by molar-refractivity contribution is 0.134. The average molecular weight is 238 g/mol. The van der Waals surface area contributed by atoms with E-state index < -0.39 is 0 Å². The topological polar surface area (TPSA) is 49.5 Å². The summed E-state index contributed by atoms with van der Waals surface area (Å²) in [4.78, 5) is 2.19. The molecule has 1 aromatic carbocycles. The molecule has 0 aliphatic carbocycles. The lowest BCUT2D eigenvalue weighted by atomic mass is 10.0. The van der Waals surface area contributed by atoms with Crippen molar-refractivity contribution in [3.05, 3.63) is 29.6 Å². The Morgan fingerprint density at radius 1 is 1.47 bits per heavy atom. The molecule has 3 N–H and O–H groups in total. The monoisotopic (exact) mass is 238 g/mol. The van der Waals surface area contributed by atoms with Crippen LogP contribution in [0.5, 0.6) is 0 Å². The van der Waals surface area contributed by atoms with Crippen LogP contribution in [0, 0.1) is 11.7 Å². The molecule has 1 fully saturated rings. The molecule has 2 rings (SSSR count). The number of hydrogen-bond acceptors (Lipinski definition) is 3. The Hall–Kier alpha value is -1.13. The molecule has 1 heterocycles. The van der Waals surface area contributed by atoms with Gasteiger partial charge in [0.25, 0.3) is 0 Å². The summed E-state index contributed by atoms with van der Waals surface area (Å²) in [7, 11) is 0. The van der Waals surface area contributed by atoms with Gasteiger partial charge in [0.15, 0.2) is 0 Å². The predicted octanol–water partition coefficient (Wildman–Crippen LogP) is 1.61. The number of nitrogens with zero attached hydrogens (tertiary/aromatic N) is 1. The number of hydrogen-bond donors (Lipinski definition) is 2. The Bertz CT molecular complexity index is 377. The number of likely N-dealkylation sites (tertiary alicyclic amines) is 1. The number of nitrogens with two attached hydrogens (primary N) is 1. The van der Waals surface area contributed by atoms with E-state index in [9.17, 15) is 9.50 Å². The smallest absolute Gasteiger partial charge is 0.125 e. The standard InChI is InChI=1S/C13H19FN2O/c1-9-2-3-16(13(9)8-17)7-10-4-11(14)6-12(15)5-10/h4-6,9,13,17H,2-3,7-8,15H2,1H3. The van der Waals surface area contributed by atoms with Crippen LogP contribution in [0.4, 0.5) is 10.1 Å². The SMILES string of the molecule is CC1CCN(Cc2cc(N)cc(F)c2)C1CO. The second-order valence-electron chi connectivity index (χ2n) is 4.88. The molecule has 0 saturated carbocycles. The van der Waals surface area contributed by atoms with E-state index in [1.807, 2.05) is 0 Å². The van der Waals surface area contributed by atoms with Crippen LogP contribution in [0.1, 0.15) is 18.9 Å². The second kappa shape index (κ2) is 5.02. The molecule has 0 radical (unpaired) electrons. The van der Waals surface area contributed by atoms with E-state index >= 15 is 0 Å². The molecule has 1 saturated heterocycles. The molecule has 1 aromatic rings. The third-order valence-corrected chi connectivity index (χ3v) is 3.55. The Labute approximate surface area is 101 Å². The number of anilines is 1.